The van der Waals surface area contributed by atoms with Crippen molar-refractivity contribution in [3.8, 4) is 0 Å². The fourth-order valence-corrected chi connectivity index (χ4v) is 3.14. The average molecular weight is 312 g/mol. The van der Waals surface area contributed by atoms with Crippen LogP contribution in [0.2, 0.25) is 0 Å². The number of carbonyl (C=O) groups excluding carboxylic acids is 1. The van der Waals surface area contributed by atoms with Crippen LogP contribution < -0.4 is 0 Å². The summed E-state index contributed by atoms with van der Waals surface area (Å²) in [5.74, 6) is 0.676. The highest BCUT2D eigenvalue weighted by molar-refractivity contribution is 5.92. The topological polar surface area (TPSA) is 51.0 Å². The number of aromatic nitrogens is 3. The molecular formula is C18H24N4O. The zero-order chi connectivity index (χ0) is 16.2. The highest BCUT2D eigenvalue weighted by Gasteiger charge is 2.25. The zero-order valence-electron chi connectivity index (χ0n) is 13.9. The molecule has 122 valence electrons. The molecule has 0 bridgehead atoms. The van der Waals surface area contributed by atoms with Crippen LogP contribution in [0.25, 0.3) is 0 Å². The summed E-state index contributed by atoms with van der Waals surface area (Å²) in [4.78, 5) is 18.5. The van der Waals surface area contributed by atoms with Crippen molar-refractivity contribution in [2.75, 3.05) is 13.1 Å². The lowest BCUT2D eigenvalue weighted by Crippen LogP contribution is -2.39. The van der Waals surface area contributed by atoms with Gasteiger partial charge in [-0.1, -0.05) is 19.9 Å². The van der Waals surface area contributed by atoms with Gasteiger partial charge in [0.25, 0.3) is 5.91 Å². The van der Waals surface area contributed by atoms with Crippen LogP contribution in [-0.4, -0.2) is 38.7 Å². The lowest BCUT2D eigenvalue weighted by molar-refractivity contribution is 0.0684. The van der Waals surface area contributed by atoms with E-state index in [2.05, 4.69) is 34.8 Å². The van der Waals surface area contributed by atoms with Crippen molar-refractivity contribution in [3.05, 3.63) is 48.0 Å². The molecule has 2 aromatic rings. The van der Waals surface area contributed by atoms with Gasteiger partial charge in [0.15, 0.2) is 0 Å². The smallest absolute Gasteiger partial charge is 0.272 e. The van der Waals surface area contributed by atoms with E-state index in [9.17, 15) is 4.79 Å². The van der Waals surface area contributed by atoms with Gasteiger partial charge in [-0.15, -0.1) is 0 Å². The Morgan fingerprint density at radius 3 is 2.74 bits per heavy atom. The van der Waals surface area contributed by atoms with Crippen molar-refractivity contribution in [3.63, 3.8) is 0 Å². The Kier molecular flexibility index (Phi) is 4.74. The van der Waals surface area contributed by atoms with Crippen molar-refractivity contribution in [2.45, 2.75) is 39.2 Å². The first-order valence-electron chi connectivity index (χ1n) is 8.37. The molecule has 1 saturated heterocycles. The van der Waals surface area contributed by atoms with E-state index in [1.54, 1.807) is 12.3 Å². The fourth-order valence-electron chi connectivity index (χ4n) is 3.14. The van der Waals surface area contributed by atoms with Gasteiger partial charge in [-0.25, -0.2) is 0 Å². The molecule has 0 saturated carbocycles. The van der Waals surface area contributed by atoms with Crippen LogP contribution in [0.4, 0.5) is 0 Å². The van der Waals surface area contributed by atoms with Gasteiger partial charge in [0.1, 0.15) is 5.69 Å². The van der Waals surface area contributed by atoms with Crippen molar-refractivity contribution in [1.29, 1.82) is 0 Å². The molecule has 0 atom stereocenters. The number of piperidine rings is 1. The van der Waals surface area contributed by atoms with Gasteiger partial charge < -0.3 is 4.90 Å². The first-order chi connectivity index (χ1) is 11.1. The third-order valence-corrected chi connectivity index (χ3v) is 4.31. The van der Waals surface area contributed by atoms with Crippen LogP contribution in [0.15, 0.2) is 36.8 Å². The van der Waals surface area contributed by atoms with E-state index in [1.165, 1.54) is 5.56 Å². The lowest BCUT2D eigenvalue weighted by atomic mass is 10.0. The maximum Gasteiger partial charge on any atom is 0.272 e. The Hall–Kier alpha value is -2.17. The van der Waals surface area contributed by atoms with E-state index in [0.29, 0.717) is 17.7 Å². The molecule has 23 heavy (non-hydrogen) atoms. The maximum atomic E-state index is 12.4. The van der Waals surface area contributed by atoms with E-state index in [0.717, 1.165) is 32.4 Å². The number of hydrogen-bond acceptors (Lipinski definition) is 3. The summed E-state index contributed by atoms with van der Waals surface area (Å²) in [6.07, 6.45) is 8.77. The van der Waals surface area contributed by atoms with E-state index in [-0.39, 0.29) is 5.91 Å². The lowest BCUT2D eigenvalue weighted by Gasteiger charge is -2.31. The van der Waals surface area contributed by atoms with Crippen LogP contribution in [0.3, 0.4) is 0 Å². The Morgan fingerprint density at radius 2 is 2.09 bits per heavy atom. The molecule has 2 aromatic heterocycles. The largest absolute Gasteiger partial charge is 0.337 e. The summed E-state index contributed by atoms with van der Waals surface area (Å²) in [5, 5.41) is 4.52. The second-order valence-corrected chi connectivity index (χ2v) is 6.66. The molecule has 1 fully saturated rings. The summed E-state index contributed by atoms with van der Waals surface area (Å²) < 4.78 is 2.08. The molecule has 0 unspecified atom stereocenters. The third-order valence-electron chi connectivity index (χ3n) is 4.31. The zero-order valence-corrected chi connectivity index (χ0v) is 13.9. The van der Waals surface area contributed by atoms with Gasteiger partial charge in [-0.05, 0) is 42.9 Å². The highest BCUT2D eigenvalue weighted by Crippen LogP contribution is 2.23. The number of rotatable bonds is 4. The van der Waals surface area contributed by atoms with Crippen LogP contribution in [0.5, 0.6) is 0 Å². The standard InChI is InChI=1S/C18H24N4O/c1-14(2)11-15-12-20-22(13-15)16-6-9-21(10-7-16)18(23)17-5-3-4-8-19-17/h3-5,8,12-14,16H,6-7,9-11H2,1-2H3. The minimum Gasteiger partial charge on any atom is -0.337 e. The molecule has 3 rings (SSSR count). The highest BCUT2D eigenvalue weighted by atomic mass is 16.2. The molecule has 0 spiro atoms. The van der Waals surface area contributed by atoms with Gasteiger partial charge in [-0.2, -0.15) is 5.10 Å². The van der Waals surface area contributed by atoms with Crippen molar-refractivity contribution >= 4 is 5.91 Å². The number of nitrogens with zero attached hydrogens (tertiary/aromatic N) is 4. The van der Waals surface area contributed by atoms with Gasteiger partial charge >= 0.3 is 0 Å². The molecule has 1 amide bonds. The molecule has 1 aliphatic rings. The summed E-state index contributed by atoms with van der Waals surface area (Å²) in [5.41, 5.74) is 1.83. The summed E-state index contributed by atoms with van der Waals surface area (Å²) in [6.45, 7) is 5.97. The molecule has 0 aromatic carbocycles. The summed E-state index contributed by atoms with van der Waals surface area (Å²) in [6, 6.07) is 5.85. The molecule has 0 aliphatic carbocycles. The predicted octanol–water partition coefficient (Wildman–Crippen LogP) is 2.95. The maximum absolute atomic E-state index is 12.4. The quantitative estimate of drug-likeness (QED) is 0.872. The van der Waals surface area contributed by atoms with Gasteiger partial charge in [0.2, 0.25) is 0 Å². The summed E-state index contributed by atoms with van der Waals surface area (Å²) >= 11 is 0. The number of hydrogen-bond donors (Lipinski definition) is 0. The van der Waals surface area contributed by atoms with Crippen LogP contribution >= 0.6 is 0 Å². The fraction of sp³-hybridized carbons (Fsp3) is 0.500. The molecule has 3 heterocycles. The minimum absolute atomic E-state index is 0.0324. The molecule has 0 radical (unpaired) electrons. The first-order valence-corrected chi connectivity index (χ1v) is 8.37. The Balaban J connectivity index is 1.58. The number of likely N-dealkylation sites (tertiary alicyclic amines) is 1. The molecule has 5 nitrogen and oxygen atoms in total. The first kappa shape index (κ1) is 15.7. The van der Waals surface area contributed by atoms with Crippen molar-refractivity contribution in [2.24, 2.45) is 5.92 Å². The number of carbonyl (C=O) groups is 1. The van der Waals surface area contributed by atoms with E-state index in [1.807, 2.05) is 23.2 Å². The SMILES string of the molecule is CC(C)Cc1cnn(C2CCN(C(=O)c3ccccn3)CC2)c1. The molecular weight excluding hydrogens is 288 g/mol. The van der Waals surface area contributed by atoms with Crippen molar-refractivity contribution in [1.82, 2.24) is 19.7 Å². The van der Waals surface area contributed by atoms with Crippen LogP contribution in [-0.2, 0) is 6.42 Å². The van der Waals surface area contributed by atoms with Crippen molar-refractivity contribution < 1.29 is 4.79 Å². The summed E-state index contributed by atoms with van der Waals surface area (Å²) in [7, 11) is 0. The average Bonchev–Trinajstić information content (AvgIpc) is 3.03. The van der Waals surface area contributed by atoms with Crippen LogP contribution in [0, 0.1) is 5.92 Å². The second kappa shape index (κ2) is 6.94. The third kappa shape index (κ3) is 3.78. The second-order valence-electron chi connectivity index (χ2n) is 6.66. The monoisotopic (exact) mass is 312 g/mol. The Labute approximate surface area is 137 Å². The van der Waals surface area contributed by atoms with Gasteiger partial charge in [0.05, 0.1) is 12.2 Å². The van der Waals surface area contributed by atoms with E-state index >= 15 is 0 Å². The number of pyridine rings is 1. The normalized spacial score (nSPS) is 16.0. The molecule has 1 aliphatic heterocycles. The minimum atomic E-state index is 0.0324. The molecule has 5 heteroatoms. The van der Waals surface area contributed by atoms with Gasteiger partial charge in [0, 0.05) is 25.5 Å². The van der Waals surface area contributed by atoms with Crippen LogP contribution in [0.1, 0.15) is 48.8 Å². The predicted molar refractivity (Wildman–Crippen MR) is 89.2 cm³/mol. The number of amides is 1. The Morgan fingerprint density at radius 1 is 1.30 bits per heavy atom. The Bertz CT molecular complexity index is 642. The van der Waals surface area contributed by atoms with Gasteiger partial charge in [-0.3, -0.25) is 14.5 Å². The van der Waals surface area contributed by atoms with E-state index in [4.69, 9.17) is 0 Å². The van der Waals surface area contributed by atoms with E-state index < -0.39 is 0 Å². The molecule has 0 N–H and O–H groups in total.